The molecule has 0 radical (unpaired) electrons. The van der Waals surface area contributed by atoms with Crippen LogP contribution in [0.4, 0.5) is 4.39 Å². The fourth-order valence-electron chi connectivity index (χ4n) is 1.91. The molecule has 118 valence electrons. The van der Waals surface area contributed by atoms with E-state index in [2.05, 4.69) is 0 Å². The van der Waals surface area contributed by atoms with Gasteiger partial charge in [-0.3, -0.25) is 4.79 Å². The van der Waals surface area contributed by atoms with Gasteiger partial charge in [0.25, 0.3) is 5.91 Å². The zero-order valence-corrected chi connectivity index (χ0v) is 13.1. The topological polar surface area (TPSA) is 76.1 Å². The molecule has 0 fully saturated rings. The minimum atomic E-state index is -0.530. The van der Waals surface area contributed by atoms with Crippen molar-refractivity contribution in [2.45, 2.75) is 11.5 Å². The van der Waals surface area contributed by atoms with Crippen molar-refractivity contribution in [2.75, 3.05) is 6.61 Å². The van der Waals surface area contributed by atoms with Crippen LogP contribution in [-0.2, 0) is 16.3 Å². The molecule has 0 spiro atoms. The zero-order chi connectivity index (χ0) is 16.7. The van der Waals surface area contributed by atoms with E-state index >= 15 is 0 Å². The lowest BCUT2D eigenvalue weighted by Crippen LogP contribution is -2.20. The summed E-state index contributed by atoms with van der Waals surface area (Å²) < 4.78 is 18.9. The number of amides is 1. The van der Waals surface area contributed by atoms with E-state index in [0.717, 1.165) is 5.56 Å². The highest BCUT2D eigenvalue weighted by Crippen LogP contribution is 2.23. The van der Waals surface area contributed by atoms with Gasteiger partial charge in [-0.25, -0.2) is 4.39 Å². The van der Waals surface area contributed by atoms with E-state index < -0.39 is 5.91 Å². The van der Waals surface area contributed by atoms with Crippen molar-refractivity contribution >= 4 is 17.7 Å². The second kappa shape index (κ2) is 8.20. The van der Waals surface area contributed by atoms with Gasteiger partial charge < -0.3 is 10.5 Å². The number of ether oxygens (including phenoxy) is 1. The Labute approximate surface area is 138 Å². The number of carbonyl (C=O) groups is 1. The maximum Gasteiger partial charge on any atom is 0.255 e. The van der Waals surface area contributed by atoms with E-state index in [-0.39, 0.29) is 12.4 Å². The van der Waals surface area contributed by atoms with Gasteiger partial charge in [0.15, 0.2) is 6.61 Å². The van der Waals surface area contributed by atoms with Gasteiger partial charge in [-0.15, -0.1) is 0 Å². The Kier molecular flexibility index (Phi) is 6.01. The van der Waals surface area contributed by atoms with E-state index in [9.17, 15) is 9.18 Å². The fourth-order valence-corrected chi connectivity index (χ4v) is 2.87. The number of carbonyl (C=O) groups excluding carboxylic acids is 1. The molecule has 0 saturated heterocycles. The minimum absolute atomic E-state index is 0.164. The third-order valence-electron chi connectivity index (χ3n) is 2.98. The van der Waals surface area contributed by atoms with Crippen LogP contribution in [0.2, 0.25) is 0 Å². The molecule has 23 heavy (non-hydrogen) atoms. The number of hydrogen-bond acceptors (Lipinski definition) is 4. The van der Waals surface area contributed by atoms with Crippen LogP contribution in [0.1, 0.15) is 16.7 Å². The molecule has 2 N–H and O–H groups in total. The molecule has 2 aromatic rings. The SMILES string of the molecule is N#Cc1ccc(F)c(CSCc2cccc(OCC(N)=O)c2)c1. The first-order valence-corrected chi connectivity index (χ1v) is 8.00. The zero-order valence-electron chi connectivity index (χ0n) is 12.3. The molecule has 0 aliphatic carbocycles. The third kappa shape index (κ3) is 5.31. The average molecular weight is 330 g/mol. The number of halogens is 1. The van der Waals surface area contributed by atoms with Gasteiger partial charge in [0.1, 0.15) is 11.6 Å². The maximum atomic E-state index is 13.7. The third-order valence-corrected chi connectivity index (χ3v) is 4.03. The molecular weight excluding hydrogens is 315 g/mol. The molecule has 6 heteroatoms. The van der Waals surface area contributed by atoms with Crippen LogP contribution < -0.4 is 10.5 Å². The largest absolute Gasteiger partial charge is 0.484 e. The number of nitriles is 1. The summed E-state index contributed by atoms with van der Waals surface area (Å²) >= 11 is 1.53. The van der Waals surface area contributed by atoms with E-state index in [4.69, 9.17) is 15.7 Å². The second-order valence-electron chi connectivity index (χ2n) is 4.81. The smallest absolute Gasteiger partial charge is 0.255 e. The number of benzene rings is 2. The van der Waals surface area contributed by atoms with Crippen molar-refractivity contribution in [3.05, 3.63) is 65.0 Å². The lowest BCUT2D eigenvalue weighted by Gasteiger charge is -2.07. The fraction of sp³-hybridized carbons (Fsp3) is 0.176. The molecule has 0 atom stereocenters. The van der Waals surface area contributed by atoms with Gasteiger partial charge >= 0.3 is 0 Å². The highest BCUT2D eigenvalue weighted by Gasteiger charge is 2.05. The van der Waals surface area contributed by atoms with Crippen LogP contribution in [0.15, 0.2) is 42.5 Å². The number of rotatable bonds is 7. The second-order valence-corrected chi connectivity index (χ2v) is 5.80. The van der Waals surface area contributed by atoms with E-state index in [1.54, 1.807) is 12.1 Å². The lowest BCUT2D eigenvalue weighted by atomic mass is 10.1. The maximum absolute atomic E-state index is 13.7. The molecule has 1 amide bonds. The molecule has 2 rings (SSSR count). The van der Waals surface area contributed by atoms with Gasteiger partial charge in [-0.2, -0.15) is 17.0 Å². The molecule has 0 aliphatic rings. The van der Waals surface area contributed by atoms with Gasteiger partial charge in [0.05, 0.1) is 11.6 Å². The van der Waals surface area contributed by atoms with Crippen LogP contribution in [0.25, 0.3) is 0 Å². The van der Waals surface area contributed by atoms with Crippen LogP contribution in [0.3, 0.4) is 0 Å². The molecule has 0 heterocycles. The molecule has 0 aromatic heterocycles. The van der Waals surface area contributed by atoms with E-state index in [1.165, 1.54) is 23.9 Å². The molecule has 0 unspecified atom stereocenters. The number of hydrogen-bond donors (Lipinski definition) is 1. The standard InChI is InChI=1S/C17H15FN2O2S/c18-16-5-4-12(8-19)6-14(16)11-23-10-13-2-1-3-15(7-13)22-9-17(20)21/h1-7H,9-11H2,(H2,20,21). The Hall–Kier alpha value is -2.52. The number of nitrogens with zero attached hydrogens (tertiary/aromatic N) is 1. The summed E-state index contributed by atoms with van der Waals surface area (Å²) in [6.45, 7) is -0.164. The number of nitrogens with two attached hydrogens (primary N) is 1. The number of thioether (sulfide) groups is 1. The Morgan fingerprint density at radius 3 is 2.83 bits per heavy atom. The Bertz CT molecular complexity index is 744. The monoisotopic (exact) mass is 330 g/mol. The van der Waals surface area contributed by atoms with Gasteiger partial charge in [-0.05, 0) is 41.5 Å². The summed E-state index contributed by atoms with van der Waals surface area (Å²) in [7, 11) is 0. The van der Waals surface area contributed by atoms with Crippen LogP contribution >= 0.6 is 11.8 Å². The highest BCUT2D eigenvalue weighted by molar-refractivity contribution is 7.97. The summed E-state index contributed by atoms with van der Waals surface area (Å²) in [4.78, 5) is 10.7. The van der Waals surface area contributed by atoms with Gasteiger partial charge in [0, 0.05) is 11.5 Å². The summed E-state index contributed by atoms with van der Waals surface area (Å²) in [6, 6.07) is 13.6. The summed E-state index contributed by atoms with van der Waals surface area (Å²) in [6.07, 6.45) is 0. The summed E-state index contributed by atoms with van der Waals surface area (Å²) in [5.41, 5.74) is 6.99. The molecule has 2 aromatic carbocycles. The van der Waals surface area contributed by atoms with E-state index in [1.807, 2.05) is 24.3 Å². The van der Waals surface area contributed by atoms with Crippen LogP contribution in [0.5, 0.6) is 5.75 Å². The normalized spacial score (nSPS) is 10.1. The molecule has 4 nitrogen and oxygen atoms in total. The minimum Gasteiger partial charge on any atom is -0.484 e. The average Bonchev–Trinajstić information content (AvgIpc) is 2.55. The quantitative estimate of drug-likeness (QED) is 0.847. The van der Waals surface area contributed by atoms with Gasteiger partial charge in [0.2, 0.25) is 0 Å². The Balaban J connectivity index is 1.93. The highest BCUT2D eigenvalue weighted by atomic mass is 32.2. The summed E-state index contributed by atoms with van der Waals surface area (Å²) in [5, 5.41) is 8.85. The van der Waals surface area contributed by atoms with Crippen molar-refractivity contribution in [2.24, 2.45) is 5.73 Å². The first kappa shape index (κ1) is 16.8. The first-order valence-electron chi connectivity index (χ1n) is 6.85. The van der Waals surface area contributed by atoms with Crippen molar-refractivity contribution in [1.82, 2.24) is 0 Å². The van der Waals surface area contributed by atoms with Gasteiger partial charge in [-0.1, -0.05) is 12.1 Å². The van der Waals surface area contributed by atoms with E-state index in [0.29, 0.717) is 28.4 Å². The van der Waals surface area contributed by atoms with Crippen molar-refractivity contribution in [3.63, 3.8) is 0 Å². The van der Waals surface area contributed by atoms with Crippen LogP contribution in [0, 0.1) is 17.1 Å². The van der Waals surface area contributed by atoms with Crippen LogP contribution in [-0.4, -0.2) is 12.5 Å². The molecule has 0 bridgehead atoms. The summed E-state index contributed by atoms with van der Waals surface area (Å²) in [5.74, 6) is 0.852. The molecule has 0 aliphatic heterocycles. The first-order chi connectivity index (χ1) is 11.1. The Morgan fingerprint density at radius 1 is 1.26 bits per heavy atom. The predicted octanol–water partition coefficient (Wildman–Crippen LogP) is 2.99. The van der Waals surface area contributed by atoms with Crippen molar-refractivity contribution < 1.29 is 13.9 Å². The predicted molar refractivity (Wildman–Crippen MR) is 87.2 cm³/mol. The molecule has 0 saturated carbocycles. The lowest BCUT2D eigenvalue weighted by molar-refractivity contribution is -0.119. The Morgan fingerprint density at radius 2 is 2.09 bits per heavy atom. The van der Waals surface area contributed by atoms with Crippen molar-refractivity contribution in [1.29, 1.82) is 5.26 Å². The van der Waals surface area contributed by atoms with Crippen molar-refractivity contribution in [3.8, 4) is 11.8 Å². The number of primary amides is 1. The molecular formula is C17H15FN2O2S.